The van der Waals surface area contributed by atoms with Gasteiger partial charge in [0.1, 0.15) is 0 Å². The van der Waals surface area contributed by atoms with Crippen LogP contribution in [0.5, 0.6) is 0 Å². The average Bonchev–Trinajstić information content (AvgIpc) is 2.97. The molecular weight excluding hydrogens is 290 g/mol. The molecule has 0 spiro atoms. The van der Waals surface area contributed by atoms with Crippen molar-refractivity contribution in [1.29, 1.82) is 0 Å². The molecule has 0 amide bonds. The topological polar surface area (TPSA) is 85.1 Å². The highest BCUT2D eigenvalue weighted by Crippen LogP contribution is 2.24. The Bertz CT molecular complexity index is 716. The lowest BCUT2D eigenvalue weighted by atomic mass is 10.0. The fraction of sp³-hybridized carbons (Fsp3) is 0.429. The Balaban J connectivity index is 1.82. The second-order valence-electron chi connectivity index (χ2n) is 5.26. The van der Waals surface area contributed by atoms with E-state index in [1.807, 2.05) is 0 Å². The number of hydrogen-bond donors (Lipinski definition) is 1. The first kappa shape index (κ1) is 14.2. The lowest BCUT2D eigenvalue weighted by Gasteiger charge is -2.19. The number of hydrogen-bond acceptors (Lipinski definition) is 6. The maximum Gasteiger partial charge on any atom is 0.257 e. The Hall–Kier alpha value is -1.73. The Morgan fingerprint density at radius 3 is 2.62 bits per heavy atom. The third-order valence-corrected chi connectivity index (χ3v) is 4.72. The number of rotatable bonds is 3. The van der Waals surface area contributed by atoms with Crippen LogP contribution < -0.4 is 5.32 Å². The second kappa shape index (κ2) is 5.57. The summed E-state index contributed by atoms with van der Waals surface area (Å²) in [4.78, 5) is 4.68. The molecule has 0 radical (unpaired) electrons. The van der Waals surface area contributed by atoms with Gasteiger partial charge in [0.25, 0.3) is 5.89 Å². The molecule has 7 heteroatoms. The number of sulfone groups is 1. The third kappa shape index (κ3) is 3.14. The molecule has 21 heavy (non-hydrogen) atoms. The molecule has 112 valence electrons. The summed E-state index contributed by atoms with van der Waals surface area (Å²) in [6, 6.07) is 6.61. The van der Waals surface area contributed by atoms with Gasteiger partial charge in [-0.2, -0.15) is 4.98 Å². The first-order chi connectivity index (χ1) is 10.0. The first-order valence-electron chi connectivity index (χ1n) is 6.91. The zero-order valence-corrected chi connectivity index (χ0v) is 12.6. The van der Waals surface area contributed by atoms with Crippen LogP contribution in [0.3, 0.4) is 0 Å². The van der Waals surface area contributed by atoms with Gasteiger partial charge in [-0.25, -0.2) is 8.42 Å². The lowest BCUT2D eigenvalue weighted by molar-refractivity contribution is 0.367. The van der Waals surface area contributed by atoms with Gasteiger partial charge in [0.15, 0.2) is 15.7 Å². The molecule has 1 aromatic heterocycles. The van der Waals surface area contributed by atoms with Gasteiger partial charge in [-0.05, 0) is 43.7 Å². The van der Waals surface area contributed by atoms with Gasteiger partial charge in [0.05, 0.1) is 10.9 Å². The van der Waals surface area contributed by atoms with E-state index in [2.05, 4.69) is 15.5 Å². The minimum Gasteiger partial charge on any atom is -0.334 e. The van der Waals surface area contributed by atoms with Crippen LogP contribution in [0.25, 0.3) is 11.5 Å². The van der Waals surface area contributed by atoms with Gasteiger partial charge in [-0.3, -0.25) is 0 Å². The Labute approximate surface area is 123 Å². The predicted octanol–water partition coefficient (Wildman–Crippen LogP) is 1.95. The fourth-order valence-corrected chi connectivity index (χ4v) is 3.04. The van der Waals surface area contributed by atoms with Crippen LogP contribution >= 0.6 is 0 Å². The number of benzene rings is 1. The zero-order chi connectivity index (χ0) is 14.9. The molecule has 2 aromatic rings. The minimum atomic E-state index is -3.19. The Kier molecular flexibility index (Phi) is 3.77. The van der Waals surface area contributed by atoms with Gasteiger partial charge in [-0.15, -0.1) is 0 Å². The fourth-order valence-electron chi connectivity index (χ4n) is 2.41. The summed E-state index contributed by atoms with van der Waals surface area (Å²) in [6.45, 7) is 0.970. The van der Waals surface area contributed by atoms with Crippen molar-refractivity contribution in [3.8, 4) is 11.5 Å². The van der Waals surface area contributed by atoms with E-state index in [1.165, 1.54) is 12.7 Å². The van der Waals surface area contributed by atoms with Gasteiger partial charge in [0, 0.05) is 11.8 Å². The quantitative estimate of drug-likeness (QED) is 0.933. The third-order valence-electron chi connectivity index (χ3n) is 3.59. The van der Waals surface area contributed by atoms with E-state index in [4.69, 9.17) is 4.52 Å². The van der Waals surface area contributed by atoms with E-state index >= 15 is 0 Å². The van der Waals surface area contributed by atoms with E-state index in [-0.39, 0.29) is 10.9 Å². The maximum absolute atomic E-state index is 11.4. The summed E-state index contributed by atoms with van der Waals surface area (Å²) in [5.41, 5.74) is 0.719. The first-order valence-corrected chi connectivity index (χ1v) is 8.81. The van der Waals surface area contributed by atoms with Gasteiger partial charge < -0.3 is 9.84 Å². The summed E-state index contributed by atoms with van der Waals surface area (Å²) < 4.78 is 28.1. The van der Waals surface area contributed by atoms with Gasteiger partial charge in [-0.1, -0.05) is 11.6 Å². The smallest absolute Gasteiger partial charge is 0.257 e. The van der Waals surface area contributed by atoms with E-state index < -0.39 is 9.84 Å². The molecule has 1 N–H and O–H groups in total. The van der Waals surface area contributed by atoms with E-state index in [0.717, 1.165) is 24.9 Å². The predicted molar refractivity (Wildman–Crippen MR) is 77.4 cm³/mol. The molecule has 0 saturated carbocycles. The molecule has 1 fully saturated rings. The van der Waals surface area contributed by atoms with Crippen LogP contribution in [0, 0.1) is 0 Å². The molecule has 1 atom stereocenters. The van der Waals surface area contributed by atoms with E-state index in [1.54, 1.807) is 24.3 Å². The highest BCUT2D eigenvalue weighted by molar-refractivity contribution is 7.90. The van der Waals surface area contributed by atoms with Crippen molar-refractivity contribution in [1.82, 2.24) is 15.5 Å². The van der Waals surface area contributed by atoms with Crippen molar-refractivity contribution < 1.29 is 12.9 Å². The van der Waals surface area contributed by atoms with E-state index in [9.17, 15) is 8.42 Å². The largest absolute Gasteiger partial charge is 0.334 e. The standard InChI is InChI=1S/C14H17N3O3S/c1-21(18,19)11-7-5-10(6-8-11)14-16-13(17-20-14)12-4-2-3-9-15-12/h5-8,12,15H,2-4,9H2,1H3. The molecule has 0 bridgehead atoms. The zero-order valence-electron chi connectivity index (χ0n) is 11.7. The summed E-state index contributed by atoms with van der Waals surface area (Å²) >= 11 is 0. The SMILES string of the molecule is CS(=O)(=O)c1ccc(-c2nc(C3CCCCN3)no2)cc1. The molecule has 1 aliphatic heterocycles. The van der Waals surface area contributed by atoms with Crippen molar-refractivity contribution in [2.75, 3.05) is 12.8 Å². The number of nitrogens with zero attached hydrogens (tertiary/aromatic N) is 2. The van der Waals surface area contributed by atoms with Gasteiger partial charge in [0.2, 0.25) is 0 Å². The maximum atomic E-state index is 11.4. The number of aromatic nitrogens is 2. The van der Waals surface area contributed by atoms with Crippen LogP contribution in [0.1, 0.15) is 31.1 Å². The van der Waals surface area contributed by atoms with Crippen LogP contribution in [-0.2, 0) is 9.84 Å². The molecule has 1 aromatic carbocycles. The van der Waals surface area contributed by atoms with Crippen molar-refractivity contribution >= 4 is 9.84 Å². The number of nitrogens with one attached hydrogen (secondary N) is 1. The van der Waals surface area contributed by atoms with Crippen molar-refractivity contribution in [3.05, 3.63) is 30.1 Å². The van der Waals surface area contributed by atoms with Crippen molar-refractivity contribution in [2.45, 2.75) is 30.2 Å². The van der Waals surface area contributed by atoms with Crippen LogP contribution in [0.4, 0.5) is 0 Å². The second-order valence-corrected chi connectivity index (χ2v) is 7.27. The summed E-state index contributed by atoms with van der Waals surface area (Å²) in [7, 11) is -3.19. The summed E-state index contributed by atoms with van der Waals surface area (Å²) in [5, 5.41) is 7.39. The molecule has 6 nitrogen and oxygen atoms in total. The minimum absolute atomic E-state index is 0.145. The van der Waals surface area contributed by atoms with Crippen LogP contribution in [0.2, 0.25) is 0 Å². The average molecular weight is 307 g/mol. The van der Waals surface area contributed by atoms with Crippen molar-refractivity contribution in [3.63, 3.8) is 0 Å². The summed E-state index contributed by atoms with van der Waals surface area (Å²) in [5.74, 6) is 1.08. The molecule has 2 heterocycles. The monoisotopic (exact) mass is 307 g/mol. The molecule has 1 aliphatic rings. The highest BCUT2D eigenvalue weighted by atomic mass is 32.2. The molecule has 3 rings (SSSR count). The Morgan fingerprint density at radius 2 is 2.00 bits per heavy atom. The van der Waals surface area contributed by atoms with Crippen molar-refractivity contribution in [2.24, 2.45) is 0 Å². The van der Waals surface area contributed by atoms with Crippen LogP contribution in [-0.4, -0.2) is 31.4 Å². The van der Waals surface area contributed by atoms with Crippen LogP contribution in [0.15, 0.2) is 33.7 Å². The molecule has 0 aliphatic carbocycles. The lowest BCUT2D eigenvalue weighted by Crippen LogP contribution is -2.27. The summed E-state index contributed by atoms with van der Waals surface area (Å²) in [6.07, 6.45) is 4.52. The molecular formula is C14H17N3O3S. The molecule has 1 saturated heterocycles. The Morgan fingerprint density at radius 1 is 1.24 bits per heavy atom. The van der Waals surface area contributed by atoms with E-state index in [0.29, 0.717) is 11.7 Å². The number of piperidine rings is 1. The molecule has 1 unspecified atom stereocenters. The highest BCUT2D eigenvalue weighted by Gasteiger charge is 2.20. The van der Waals surface area contributed by atoms with Gasteiger partial charge >= 0.3 is 0 Å². The normalized spacial score (nSPS) is 19.6.